The summed E-state index contributed by atoms with van der Waals surface area (Å²) in [6.45, 7) is 4.01. The molecule has 8 nitrogen and oxygen atoms in total. The van der Waals surface area contributed by atoms with Crippen LogP contribution in [-0.2, 0) is 17.8 Å². The number of amides is 2. The number of benzene rings is 3. The third-order valence-electron chi connectivity index (χ3n) is 6.62. The smallest absolute Gasteiger partial charge is 0.251 e. The molecule has 1 aliphatic heterocycles. The summed E-state index contributed by atoms with van der Waals surface area (Å²) in [5.41, 5.74) is 3.78. The SMILES string of the molecule is CCNc1cc(C(=O)NC(Cc2ccccc2)C(O)CNCc2cccc(O)c2)cc(N2CCCC2=O)c1. The Kier molecular flexibility index (Phi) is 9.35. The fourth-order valence-electron chi connectivity index (χ4n) is 4.70. The predicted octanol–water partition coefficient (Wildman–Crippen LogP) is 3.44. The van der Waals surface area contributed by atoms with E-state index in [1.54, 1.807) is 35.2 Å². The quantitative estimate of drug-likeness (QED) is 0.252. The minimum atomic E-state index is -0.868. The maximum atomic E-state index is 13.5. The van der Waals surface area contributed by atoms with Gasteiger partial charge in [-0.1, -0.05) is 42.5 Å². The predicted molar refractivity (Wildman–Crippen MR) is 149 cm³/mol. The molecule has 38 heavy (non-hydrogen) atoms. The molecule has 0 aliphatic carbocycles. The van der Waals surface area contributed by atoms with E-state index < -0.39 is 12.1 Å². The van der Waals surface area contributed by atoms with Crippen LogP contribution in [0.5, 0.6) is 5.75 Å². The highest BCUT2D eigenvalue weighted by Crippen LogP contribution is 2.27. The number of carbonyl (C=O) groups excluding carboxylic acids is 2. The van der Waals surface area contributed by atoms with E-state index in [9.17, 15) is 19.8 Å². The van der Waals surface area contributed by atoms with Crippen molar-refractivity contribution in [1.82, 2.24) is 10.6 Å². The Bertz CT molecular complexity index is 1230. The van der Waals surface area contributed by atoms with Crippen molar-refractivity contribution in [2.45, 2.75) is 44.9 Å². The topological polar surface area (TPSA) is 114 Å². The van der Waals surface area contributed by atoms with Gasteiger partial charge in [-0.3, -0.25) is 9.59 Å². The fourth-order valence-corrected chi connectivity index (χ4v) is 4.70. The number of aliphatic hydroxyl groups excluding tert-OH is 1. The van der Waals surface area contributed by atoms with Crippen molar-refractivity contribution in [3.63, 3.8) is 0 Å². The van der Waals surface area contributed by atoms with E-state index >= 15 is 0 Å². The number of phenolic OH excluding ortho intramolecular Hbond substituents is 1. The van der Waals surface area contributed by atoms with Gasteiger partial charge in [0.15, 0.2) is 0 Å². The van der Waals surface area contributed by atoms with Gasteiger partial charge in [-0.15, -0.1) is 0 Å². The lowest BCUT2D eigenvalue weighted by molar-refractivity contribution is -0.117. The Morgan fingerprint density at radius 1 is 1.03 bits per heavy atom. The maximum Gasteiger partial charge on any atom is 0.251 e. The molecular weight excluding hydrogens is 480 g/mol. The van der Waals surface area contributed by atoms with Gasteiger partial charge < -0.3 is 31.1 Å². The van der Waals surface area contributed by atoms with Crippen molar-refractivity contribution in [3.8, 4) is 5.75 Å². The number of rotatable bonds is 12. The lowest BCUT2D eigenvalue weighted by atomic mass is 10.00. The van der Waals surface area contributed by atoms with Crippen LogP contribution in [0.25, 0.3) is 0 Å². The second kappa shape index (κ2) is 13.1. The number of phenols is 1. The van der Waals surface area contributed by atoms with Crippen LogP contribution >= 0.6 is 0 Å². The number of nitrogens with one attached hydrogen (secondary N) is 3. The highest BCUT2D eigenvalue weighted by molar-refractivity contribution is 6.00. The Balaban J connectivity index is 1.50. The van der Waals surface area contributed by atoms with E-state index in [-0.39, 0.29) is 24.1 Å². The van der Waals surface area contributed by atoms with Crippen LogP contribution in [0, 0.1) is 0 Å². The summed E-state index contributed by atoms with van der Waals surface area (Å²) in [6, 6.07) is 21.5. The fraction of sp³-hybridized carbons (Fsp3) is 0.333. The summed E-state index contributed by atoms with van der Waals surface area (Å²) in [4.78, 5) is 27.6. The van der Waals surface area contributed by atoms with Crippen LogP contribution in [0.4, 0.5) is 11.4 Å². The molecule has 4 rings (SSSR count). The van der Waals surface area contributed by atoms with Crippen molar-refractivity contribution in [1.29, 1.82) is 0 Å². The van der Waals surface area contributed by atoms with Gasteiger partial charge in [0.2, 0.25) is 5.91 Å². The zero-order valence-corrected chi connectivity index (χ0v) is 21.7. The molecule has 3 aromatic carbocycles. The Labute approximate surface area is 223 Å². The minimum absolute atomic E-state index is 0.0557. The van der Waals surface area contributed by atoms with Crippen molar-refractivity contribution in [2.75, 3.05) is 29.9 Å². The molecule has 0 radical (unpaired) electrons. The van der Waals surface area contributed by atoms with Crippen molar-refractivity contribution < 1.29 is 19.8 Å². The Morgan fingerprint density at radius 2 is 1.82 bits per heavy atom. The molecule has 0 aromatic heterocycles. The monoisotopic (exact) mass is 516 g/mol. The van der Waals surface area contributed by atoms with Crippen LogP contribution in [0.15, 0.2) is 72.8 Å². The first-order valence-corrected chi connectivity index (χ1v) is 13.1. The lowest BCUT2D eigenvalue weighted by Crippen LogP contribution is -2.48. The molecule has 5 N–H and O–H groups in total. The summed E-state index contributed by atoms with van der Waals surface area (Å²) >= 11 is 0. The zero-order valence-electron chi connectivity index (χ0n) is 21.7. The summed E-state index contributed by atoms with van der Waals surface area (Å²) in [5.74, 6) is -0.0698. The van der Waals surface area contributed by atoms with Crippen LogP contribution in [0.1, 0.15) is 41.3 Å². The Morgan fingerprint density at radius 3 is 2.53 bits per heavy atom. The van der Waals surface area contributed by atoms with E-state index in [1.807, 2.05) is 49.4 Å². The van der Waals surface area contributed by atoms with Gasteiger partial charge in [0.05, 0.1) is 12.1 Å². The zero-order chi connectivity index (χ0) is 26.9. The average molecular weight is 517 g/mol. The summed E-state index contributed by atoms with van der Waals surface area (Å²) in [6.07, 6.45) is 0.889. The van der Waals surface area contributed by atoms with Crippen molar-refractivity contribution >= 4 is 23.2 Å². The highest BCUT2D eigenvalue weighted by Gasteiger charge is 2.25. The molecular formula is C30H36N4O4. The molecule has 2 unspecified atom stereocenters. The number of hydrogen-bond acceptors (Lipinski definition) is 6. The average Bonchev–Trinajstić information content (AvgIpc) is 3.34. The van der Waals surface area contributed by atoms with E-state index in [0.717, 1.165) is 23.2 Å². The molecule has 3 aromatic rings. The standard InChI is InChI=1S/C30H36N4O4/c1-2-32-24-16-23(17-25(18-24)34-13-7-12-29(34)37)30(38)33-27(15-21-8-4-3-5-9-21)28(36)20-31-19-22-10-6-11-26(35)14-22/h3-6,8-11,14,16-18,27-28,31-32,35-36H,2,7,12-13,15,19-20H2,1H3,(H,33,38). The third-order valence-corrected chi connectivity index (χ3v) is 6.62. The minimum Gasteiger partial charge on any atom is -0.508 e. The van der Waals surface area contributed by atoms with Crippen LogP contribution in [0.2, 0.25) is 0 Å². The molecule has 8 heteroatoms. The van der Waals surface area contributed by atoms with E-state index in [1.165, 1.54) is 0 Å². The van der Waals surface area contributed by atoms with Crippen LogP contribution < -0.4 is 20.9 Å². The molecule has 2 atom stereocenters. The summed E-state index contributed by atoms with van der Waals surface area (Å²) in [5, 5.41) is 30.3. The molecule has 200 valence electrons. The number of aromatic hydroxyl groups is 1. The molecule has 0 bridgehead atoms. The number of carbonyl (C=O) groups is 2. The summed E-state index contributed by atoms with van der Waals surface area (Å²) < 4.78 is 0. The second-order valence-electron chi connectivity index (χ2n) is 9.59. The van der Waals surface area contributed by atoms with Gasteiger partial charge in [-0.2, -0.15) is 0 Å². The third kappa shape index (κ3) is 7.34. The molecule has 0 saturated carbocycles. The van der Waals surface area contributed by atoms with Gasteiger partial charge in [-0.05, 0) is 61.2 Å². The van der Waals surface area contributed by atoms with Gasteiger partial charge in [0.1, 0.15) is 5.75 Å². The first-order chi connectivity index (χ1) is 18.4. The highest BCUT2D eigenvalue weighted by atomic mass is 16.3. The van der Waals surface area contributed by atoms with Crippen molar-refractivity contribution in [2.24, 2.45) is 0 Å². The van der Waals surface area contributed by atoms with Crippen molar-refractivity contribution in [3.05, 3.63) is 89.5 Å². The van der Waals surface area contributed by atoms with E-state index in [2.05, 4.69) is 16.0 Å². The van der Waals surface area contributed by atoms with Gasteiger partial charge in [-0.25, -0.2) is 0 Å². The number of anilines is 2. The van der Waals surface area contributed by atoms with Gasteiger partial charge in [0, 0.05) is 49.5 Å². The molecule has 1 aliphatic rings. The van der Waals surface area contributed by atoms with Crippen LogP contribution in [0.3, 0.4) is 0 Å². The Hall–Kier alpha value is -3.88. The molecule has 2 amide bonds. The second-order valence-corrected chi connectivity index (χ2v) is 9.59. The number of hydrogen-bond donors (Lipinski definition) is 5. The summed E-state index contributed by atoms with van der Waals surface area (Å²) in [7, 11) is 0. The number of nitrogens with zero attached hydrogens (tertiary/aromatic N) is 1. The molecule has 1 saturated heterocycles. The lowest BCUT2D eigenvalue weighted by Gasteiger charge is -2.25. The van der Waals surface area contributed by atoms with E-state index in [4.69, 9.17) is 0 Å². The number of aliphatic hydroxyl groups is 1. The first-order valence-electron chi connectivity index (χ1n) is 13.1. The van der Waals surface area contributed by atoms with Gasteiger partial charge in [0.25, 0.3) is 5.91 Å². The molecule has 1 fully saturated rings. The normalized spacial score (nSPS) is 14.8. The van der Waals surface area contributed by atoms with Crippen LogP contribution in [-0.4, -0.2) is 53.8 Å². The largest absolute Gasteiger partial charge is 0.508 e. The van der Waals surface area contributed by atoms with E-state index in [0.29, 0.717) is 43.7 Å². The van der Waals surface area contributed by atoms with Gasteiger partial charge >= 0.3 is 0 Å². The first kappa shape index (κ1) is 27.2. The molecule has 1 heterocycles. The maximum absolute atomic E-state index is 13.5. The molecule has 0 spiro atoms.